The number of aromatic nitrogens is 1. The Balaban J connectivity index is 2.70. The molecule has 0 aliphatic carbocycles. The van der Waals surface area contributed by atoms with E-state index in [1.807, 2.05) is 0 Å². The van der Waals surface area contributed by atoms with Crippen LogP contribution in [0.1, 0.15) is 28.6 Å². The minimum Gasteiger partial charge on any atom is -0.462 e. The highest BCUT2D eigenvalue weighted by molar-refractivity contribution is 5.97. The van der Waals surface area contributed by atoms with E-state index in [-0.39, 0.29) is 23.6 Å². The second-order valence-electron chi connectivity index (χ2n) is 4.67. The van der Waals surface area contributed by atoms with E-state index in [4.69, 9.17) is 9.26 Å². The first-order valence-corrected chi connectivity index (χ1v) is 6.66. The van der Waals surface area contributed by atoms with Gasteiger partial charge in [0.15, 0.2) is 0 Å². The van der Waals surface area contributed by atoms with Gasteiger partial charge in [-0.2, -0.15) is 13.2 Å². The van der Waals surface area contributed by atoms with Crippen molar-refractivity contribution in [3.05, 3.63) is 45.2 Å². The van der Waals surface area contributed by atoms with Crippen molar-refractivity contribution in [1.82, 2.24) is 5.16 Å². The highest BCUT2D eigenvalue weighted by atomic mass is 19.4. The summed E-state index contributed by atoms with van der Waals surface area (Å²) in [6.45, 7) is 2.89. The van der Waals surface area contributed by atoms with E-state index in [9.17, 15) is 28.1 Å². The molecular formula is C14H11F3N2O5. The molecule has 0 N–H and O–H groups in total. The first kappa shape index (κ1) is 17.4. The van der Waals surface area contributed by atoms with E-state index in [2.05, 4.69) is 5.16 Å². The van der Waals surface area contributed by atoms with Crippen LogP contribution in [0.2, 0.25) is 0 Å². The number of carbonyl (C=O) groups excluding carboxylic acids is 1. The molecule has 2 aromatic rings. The molecule has 0 spiro atoms. The molecule has 128 valence electrons. The van der Waals surface area contributed by atoms with Crippen LogP contribution in [0.25, 0.3) is 11.3 Å². The van der Waals surface area contributed by atoms with Gasteiger partial charge in [0, 0.05) is 17.7 Å². The summed E-state index contributed by atoms with van der Waals surface area (Å²) in [6.07, 6.45) is -4.89. The van der Waals surface area contributed by atoms with Crippen LogP contribution in [0, 0.1) is 17.0 Å². The van der Waals surface area contributed by atoms with Crippen LogP contribution in [-0.4, -0.2) is 22.7 Å². The maximum Gasteiger partial charge on any atom is 0.417 e. The van der Waals surface area contributed by atoms with Crippen LogP contribution in [0.5, 0.6) is 0 Å². The molecule has 7 nitrogen and oxygen atoms in total. The minimum atomic E-state index is -4.89. The van der Waals surface area contributed by atoms with Gasteiger partial charge < -0.3 is 9.26 Å². The van der Waals surface area contributed by atoms with Gasteiger partial charge in [-0.1, -0.05) is 5.16 Å². The van der Waals surface area contributed by atoms with Gasteiger partial charge in [-0.05, 0) is 19.9 Å². The number of rotatable bonds is 4. The maximum absolute atomic E-state index is 13.3. The molecule has 1 aromatic carbocycles. The minimum absolute atomic E-state index is 0.00921. The van der Waals surface area contributed by atoms with Crippen molar-refractivity contribution in [2.75, 3.05) is 6.61 Å². The Hall–Kier alpha value is -2.91. The lowest BCUT2D eigenvalue weighted by molar-refractivity contribution is -0.385. The van der Waals surface area contributed by atoms with Crippen molar-refractivity contribution in [2.24, 2.45) is 0 Å². The fraction of sp³-hybridized carbons (Fsp3) is 0.286. The highest BCUT2D eigenvalue weighted by Gasteiger charge is 2.37. The number of halogens is 3. The number of carbonyl (C=O) groups is 1. The van der Waals surface area contributed by atoms with Gasteiger partial charge in [-0.3, -0.25) is 10.1 Å². The number of non-ortho nitro benzene ring substituents is 1. The third-order valence-electron chi connectivity index (χ3n) is 3.12. The zero-order valence-corrected chi connectivity index (χ0v) is 12.5. The van der Waals surface area contributed by atoms with Crippen molar-refractivity contribution in [3.63, 3.8) is 0 Å². The van der Waals surface area contributed by atoms with Gasteiger partial charge in [0.25, 0.3) is 5.69 Å². The molecule has 0 aliphatic rings. The number of nitrogens with zero attached hydrogens (tertiary/aromatic N) is 2. The van der Waals surface area contributed by atoms with Crippen LogP contribution >= 0.6 is 0 Å². The normalized spacial score (nSPS) is 11.4. The van der Waals surface area contributed by atoms with Crippen LogP contribution < -0.4 is 0 Å². The van der Waals surface area contributed by atoms with Crippen molar-refractivity contribution < 1.29 is 32.1 Å². The van der Waals surface area contributed by atoms with Crippen molar-refractivity contribution in [1.29, 1.82) is 0 Å². The second-order valence-corrected chi connectivity index (χ2v) is 4.67. The maximum atomic E-state index is 13.3. The van der Waals surface area contributed by atoms with E-state index in [0.717, 1.165) is 12.1 Å². The molecule has 1 aromatic heterocycles. The van der Waals surface area contributed by atoms with Gasteiger partial charge in [-0.25, -0.2) is 4.79 Å². The Bertz CT molecular complexity index is 798. The monoisotopic (exact) mass is 344 g/mol. The lowest BCUT2D eigenvalue weighted by Gasteiger charge is -2.11. The smallest absolute Gasteiger partial charge is 0.417 e. The number of nitro benzene ring substituents is 1. The first-order chi connectivity index (χ1) is 11.2. The van der Waals surface area contributed by atoms with E-state index in [1.54, 1.807) is 0 Å². The second kappa shape index (κ2) is 6.30. The summed E-state index contributed by atoms with van der Waals surface area (Å²) in [4.78, 5) is 21.7. The van der Waals surface area contributed by atoms with Crippen LogP contribution in [0.3, 0.4) is 0 Å². The van der Waals surface area contributed by atoms with E-state index in [1.165, 1.54) is 13.8 Å². The predicted molar refractivity (Wildman–Crippen MR) is 74.3 cm³/mol. The average Bonchev–Trinajstić information content (AvgIpc) is 2.87. The zero-order valence-electron chi connectivity index (χ0n) is 12.5. The average molecular weight is 344 g/mol. The van der Waals surface area contributed by atoms with Crippen molar-refractivity contribution >= 4 is 11.7 Å². The molecule has 0 atom stereocenters. The quantitative estimate of drug-likeness (QED) is 0.476. The van der Waals surface area contributed by atoms with Crippen LogP contribution in [-0.2, 0) is 10.9 Å². The number of alkyl halides is 3. The number of esters is 1. The Morgan fingerprint density at radius 1 is 1.42 bits per heavy atom. The number of ether oxygens (including phenoxy) is 1. The molecule has 2 rings (SSSR count). The standard InChI is InChI=1S/C14H11F3N2O5/c1-3-23-13(20)11-7(2)24-18-12(11)9-5-4-8(19(21)22)6-10(9)14(15,16)17/h4-6H,3H2,1-2H3. The summed E-state index contributed by atoms with van der Waals surface area (Å²) in [5, 5.41) is 14.2. The molecule has 0 saturated heterocycles. The lowest BCUT2D eigenvalue weighted by Crippen LogP contribution is -2.11. The summed E-state index contributed by atoms with van der Waals surface area (Å²) in [5.74, 6) is -0.910. The van der Waals surface area contributed by atoms with Crippen LogP contribution in [0.4, 0.5) is 18.9 Å². The summed E-state index contributed by atoms with van der Waals surface area (Å²) in [5.41, 5.74) is -3.17. The molecule has 0 bridgehead atoms. The molecule has 1 heterocycles. The molecule has 0 unspecified atom stereocenters. The van der Waals surface area contributed by atoms with E-state index < -0.39 is 33.9 Å². The van der Waals surface area contributed by atoms with E-state index in [0.29, 0.717) is 6.07 Å². The van der Waals surface area contributed by atoms with E-state index >= 15 is 0 Å². The number of aryl methyl sites for hydroxylation is 1. The fourth-order valence-electron chi connectivity index (χ4n) is 2.09. The highest BCUT2D eigenvalue weighted by Crippen LogP contribution is 2.40. The molecule has 0 radical (unpaired) electrons. The van der Waals surface area contributed by atoms with Crippen molar-refractivity contribution in [3.8, 4) is 11.3 Å². The van der Waals surface area contributed by atoms with Crippen molar-refractivity contribution in [2.45, 2.75) is 20.0 Å². The van der Waals surface area contributed by atoms with Gasteiger partial charge in [0.05, 0.1) is 17.1 Å². The molecule has 0 fully saturated rings. The molecule has 0 amide bonds. The zero-order chi connectivity index (χ0) is 18.1. The third-order valence-corrected chi connectivity index (χ3v) is 3.12. The molecule has 0 aliphatic heterocycles. The molecule has 0 saturated carbocycles. The van der Waals surface area contributed by atoms with Gasteiger partial charge in [0.1, 0.15) is 17.0 Å². The SMILES string of the molecule is CCOC(=O)c1c(-c2ccc([N+](=O)[O-])cc2C(F)(F)F)noc1C. The molecule has 24 heavy (non-hydrogen) atoms. The summed E-state index contributed by atoms with van der Waals surface area (Å²) in [6, 6.07) is 2.15. The third kappa shape index (κ3) is 3.21. The molecule has 10 heteroatoms. The fourth-order valence-corrected chi connectivity index (χ4v) is 2.09. The Kier molecular flexibility index (Phi) is 4.58. The van der Waals surface area contributed by atoms with Crippen LogP contribution in [0.15, 0.2) is 22.7 Å². The predicted octanol–water partition coefficient (Wildman–Crippen LogP) is 3.75. The van der Waals surface area contributed by atoms with Gasteiger partial charge in [-0.15, -0.1) is 0 Å². The Morgan fingerprint density at radius 3 is 2.62 bits per heavy atom. The number of benzene rings is 1. The number of hydrogen-bond acceptors (Lipinski definition) is 6. The van der Waals surface area contributed by atoms with Gasteiger partial charge in [0.2, 0.25) is 0 Å². The first-order valence-electron chi connectivity index (χ1n) is 6.66. The summed E-state index contributed by atoms with van der Waals surface area (Å²) in [7, 11) is 0. The lowest BCUT2D eigenvalue weighted by atomic mass is 9.99. The number of nitro groups is 1. The Labute approximate surface area is 133 Å². The van der Waals surface area contributed by atoms with Gasteiger partial charge >= 0.3 is 12.1 Å². The summed E-state index contributed by atoms with van der Waals surface area (Å²) >= 11 is 0. The number of hydrogen-bond donors (Lipinski definition) is 0. The largest absolute Gasteiger partial charge is 0.462 e. The topological polar surface area (TPSA) is 95.5 Å². The molecular weight excluding hydrogens is 333 g/mol. The Morgan fingerprint density at radius 2 is 2.08 bits per heavy atom. The summed E-state index contributed by atoms with van der Waals surface area (Å²) < 4.78 is 49.4.